The van der Waals surface area contributed by atoms with Crippen molar-refractivity contribution < 1.29 is 13.6 Å². The molecular weight excluding hydrogens is 513 g/mol. The highest BCUT2D eigenvalue weighted by atomic mass is 35.5. The lowest BCUT2D eigenvalue weighted by Gasteiger charge is -2.39. The van der Waals surface area contributed by atoms with Gasteiger partial charge in [-0.2, -0.15) is 0 Å². The number of primary amides is 1. The lowest BCUT2D eigenvalue weighted by atomic mass is 9.95. The zero-order valence-corrected chi connectivity index (χ0v) is 21.5. The molecule has 10 heteroatoms. The van der Waals surface area contributed by atoms with Crippen LogP contribution in [0.1, 0.15) is 49.4 Å². The number of likely N-dealkylation sites (tertiary alicyclic amines) is 1. The zero-order valence-electron chi connectivity index (χ0n) is 19.2. The number of H-pyrrole nitrogens is 1. The van der Waals surface area contributed by atoms with Gasteiger partial charge in [-0.05, 0) is 42.5 Å². The molecule has 0 radical (unpaired) electrons. The third-order valence-corrected chi connectivity index (χ3v) is 9.01. The normalized spacial score (nSPS) is 25.1. The van der Waals surface area contributed by atoms with Gasteiger partial charge in [-0.15, -0.1) is 23.4 Å². The second-order valence-electron chi connectivity index (χ2n) is 9.72. The molecule has 2 heterocycles. The predicted molar refractivity (Wildman–Crippen MR) is 136 cm³/mol. The van der Waals surface area contributed by atoms with Crippen LogP contribution in [-0.2, 0) is 4.79 Å². The van der Waals surface area contributed by atoms with E-state index in [1.165, 1.54) is 17.7 Å². The standard InChI is InChI=1S/C25H28Cl2F2N4OS/c26-18-12-19-22(21(27)23(18)33-9-7-25(28,29)8-10-33)32-24(31-19)17(11-20(30)34)15-3-5-16(6-4-15)35-13-14-1-2-14/h3-6,12,14,17-18,23H,1-2,7-11,13H2,(H2,30,34)(H,31,32). The van der Waals surface area contributed by atoms with E-state index in [1.54, 1.807) is 6.08 Å². The maximum atomic E-state index is 13.7. The number of nitrogens with one attached hydrogen (secondary N) is 1. The summed E-state index contributed by atoms with van der Waals surface area (Å²) >= 11 is 15.3. The van der Waals surface area contributed by atoms with Gasteiger partial charge in [0.2, 0.25) is 5.91 Å². The van der Waals surface area contributed by atoms with Gasteiger partial charge in [0.1, 0.15) is 5.82 Å². The van der Waals surface area contributed by atoms with Crippen molar-refractivity contribution in [2.24, 2.45) is 11.7 Å². The van der Waals surface area contributed by atoms with Crippen molar-refractivity contribution >= 4 is 52.0 Å². The molecule has 1 aliphatic heterocycles. The molecule has 35 heavy (non-hydrogen) atoms. The van der Waals surface area contributed by atoms with Crippen molar-refractivity contribution in [2.45, 2.75) is 60.3 Å². The summed E-state index contributed by atoms with van der Waals surface area (Å²) in [5, 5.41) is 1.17. The van der Waals surface area contributed by atoms with Crippen LogP contribution in [0.5, 0.6) is 0 Å². The first-order valence-electron chi connectivity index (χ1n) is 11.9. The Balaban J connectivity index is 1.43. The Labute approximate surface area is 217 Å². The van der Waals surface area contributed by atoms with Crippen LogP contribution in [0.2, 0.25) is 0 Å². The average molecular weight is 541 g/mol. The number of aromatic amines is 1. The number of nitrogens with two attached hydrogens (primary N) is 1. The number of halogens is 4. The van der Waals surface area contributed by atoms with E-state index in [0.717, 1.165) is 17.2 Å². The van der Waals surface area contributed by atoms with E-state index in [9.17, 15) is 13.6 Å². The first-order chi connectivity index (χ1) is 16.7. The summed E-state index contributed by atoms with van der Waals surface area (Å²) in [6, 6.07) is 7.76. The lowest BCUT2D eigenvalue weighted by molar-refractivity contribution is -0.118. The number of imidazole rings is 1. The van der Waals surface area contributed by atoms with Gasteiger partial charge in [-0.1, -0.05) is 23.7 Å². The maximum absolute atomic E-state index is 13.7. The Morgan fingerprint density at radius 1 is 1.26 bits per heavy atom. The smallest absolute Gasteiger partial charge is 0.250 e. The molecule has 1 saturated heterocycles. The first kappa shape index (κ1) is 25.1. The van der Waals surface area contributed by atoms with Gasteiger partial charge in [0.05, 0.1) is 33.1 Å². The molecule has 2 aromatic rings. The highest BCUT2D eigenvalue weighted by molar-refractivity contribution is 7.99. The number of fused-ring (bicyclic) bond motifs is 1. The minimum absolute atomic E-state index is 0.0908. The summed E-state index contributed by atoms with van der Waals surface area (Å²) in [5.41, 5.74) is 6.52. The molecule has 2 aliphatic carbocycles. The summed E-state index contributed by atoms with van der Waals surface area (Å²) in [7, 11) is 0. The van der Waals surface area contributed by atoms with Gasteiger partial charge < -0.3 is 10.7 Å². The summed E-state index contributed by atoms with van der Waals surface area (Å²) in [6.07, 6.45) is 4.11. The predicted octanol–water partition coefficient (Wildman–Crippen LogP) is 3.77. The number of hydrogen-bond acceptors (Lipinski definition) is 4. The molecule has 3 aliphatic rings. The average Bonchev–Trinajstić information content (AvgIpc) is 3.55. The number of amides is 1. The lowest BCUT2D eigenvalue weighted by Crippen LogP contribution is -2.52. The van der Waals surface area contributed by atoms with E-state index in [0.29, 0.717) is 21.6 Å². The van der Waals surface area contributed by atoms with E-state index in [2.05, 4.69) is 17.1 Å². The van der Waals surface area contributed by atoms with Crippen LogP contribution in [0, 0.1) is 5.92 Å². The maximum Gasteiger partial charge on any atom is 0.250 e. The molecule has 1 saturated carbocycles. The number of benzene rings is 1. The molecule has 1 aromatic carbocycles. The SMILES string of the molecule is NC(=O)CC(c1ccc(SCC2CC2)cc1)c1nc2c([nH]1)=C(Cl)C(N1CCC(F)(F)CC1)C(Cl)C=2. The number of carbonyl (C=O) groups excluding carboxylic acids is 1. The third kappa shape index (κ3) is 5.71. The zero-order chi connectivity index (χ0) is 24.7. The number of nitrogens with zero attached hydrogens (tertiary/aromatic N) is 2. The minimum Gasteiger partial charge on any atom is -0.370 e. The number of alkyl halides is 3. The molecule has 2 fully saturated rings. The van der Waals surface area contributed by atoms with Crippen LogP contribution in [0.25, 0.3) is 11.1 Å². The Morgan fingerprint density at radius 2 is 1.94 bits per heavy atom. The second kappa shape index (κ2) is 10.0. The Hall–Kier alpha value is -1.61. The van der Waals surface area contributed by atoms with Crippen molar-refractivity contribution in [3.63, 3.8) is 0 Å². The van der Waals surface area contributed by atoms with Crippen molar-refractivity contribution in [3.8, 4) is 0 Å². The Morgan fingerprint density at radius 3 is 2.57 bits per heavy atom. The fourth-order valence-electron chi connectivity index (χ4n) is 4.76. The Bertz CT molecular complexity index is 1210. The molecule has 1 aromatic heterocycles. The van der Waals surface area contributed by atoms with Crippen molar-refractivity contribution in [1.29, 1.82) is 0 Å². The number of piperidine rings is 1. The third-order valence-electron chi connectivity index (χ3n) is 6.99. The highest BCUT2D eigenvalue weighted by Crippen LogP contribution is 2.36. The monoisotopic (exact) mass is 540 g/mol. The molecule has 3 atom stereocenters. The summed E-state index contributed by atoms with van der Waals surface area (Å²) in [5.74, 6) is -0.892. The largest absolute Gasteiger partial charge is 0.370 e. The molecular formula is C25H28Cl2F2N4OS. The van der Waals surface area contributed by atoms with E-state index in [4.69, 9.17) is 33.9 Å². The van der Waals surface area contributed by atoms with E-state index < -0.39 is 23.2 Å². The van der Waals surface area contributed by atoms with Crippen LogP contribution >= 0.6 is 35.0 Å². The fourth-order valence-corrected chi connectivity index (χ4v) is 6.74. The van der Waals surface area contributed by atoms with Crippen molar-refractivity contribution in [1.82, 2.24) is 14.9 Å². The second-order valence-corrected chi connectivity index (χ2v) is 11.7. The molecule has 5 nitrogen and oxygen atoms in total. The number of carbonyl (C=O) groups is 1. The van der Waals surface area contributed by atoms with Crippen LogP contribution in [0.4, 0.5) is 8.78 Å². The quantitative estimate of drug-likeness (QED) is 0.394. The van der Waals surface area contributed by atoms with Gasteiger partial charge in [0.25, 0.3) is 5.92 Å². The summed E-state index contributed by atoms with van der Waals surface area (Å²) in [4.78, 5) is 23.1. The van der Waals surface area contributed by atoms with Gasteiger partial charge in [-0.25, -0.2) is 13.8 Å². The van der Waals surface area contributed by atoms with Crippen molar-refractivity contribution in [3.05, 3.63) is 46.4 Å². The van der Waals surface area contributed by atoms with Gasteiger partial charge in [0, 0.05) is 43.0 Å². The molecule has 188 valence electrons. The topological polar surface area (TPSA) is 75.0 Å². The number of aromatic nitrogens is 2. The van der Waals surface area contributed by atoms with Gasteiger partial charge in [-0.3, -0.25) is 9.69 Å². The molecule has 3 unspecified atom stereocenters. The van der Waals surface area contributed by atoms with Gasteiger partial charge >= 0.3 is 0 Å². The first-order valence-corrected chi connectivity index (χ1v) is 13.7. The Kier molecular flexibility index (Phi) is 7.19. The van der Waals surface area contributed by atoms with Crippen LogP contribution < -0.4 is 16.4 Å². The number of rotatable bonds is 8. The molecule has 0 spiro atoms. The highest BCUT2D eigenvalue weighted by Gasteiger charge is 2.40. The number of hydrogen-bond donors (Lipinski definition) is 2. The summed E-state index contributed by atoms with van der Waals surface area (Å²) < 4.78 is 27.4. The van der Waals surface area contributed by atoms with E-state index >= 15 is 0 Å². The molecule has 3 N–H and O–H groups in total. The van der Waals surface area contributed by atoms with Gasteiger partial charge in [0.15, 0.2) is 0 Å². The van der Waals surface area contributed by atoms with Crippen molar-refractivity contribution in [2.75, 3.05) is 18.8 Å². The summed E-state index contributed by atoms with van der Waals surface area (Å²) in [6.45, 7) is 0.438. The van der Waals surface area contributed by atoms with Crippen LogP contribution in [0.15, 0.2) is 29.2 Å². The van der Waals surface area contributed by atoms with Crippen LogP contribution in [-0.4, -0.2) is 57.0 Å². The number of thioether (sulfide) groups is 1. The minimum atomic E-state index is -2.65. The van der Waals surface area contributed by atoms with Crippen LogP contribution in [0.3, 0.4) is 0 Å². The molecule has 1 amide bonds. The molecule has 5 rings (SSSR count). The van der Waals surface area contributed by atoms with E-state index in [1.807, 2.05) is 28.8 Å². The molecule has 0 bridgehead atoms. The fraction of sp³-hybridized carbons (Fsp3) is 0.520. The van der Waals surface area contributed by atoms with E-state index in [-0.39, 0.29) is 38.3 Å².